The van der Waals surface area contributed by atoms with E-state index >= 15 is 0 Å². The number of furan rings is 1. The Labute approximate surface area is 147 Å². The smallest absolute Gasteiger partial charge is 0.259 e. The van der Waals surface area contributed by atoms with Gasteiger partial charge in [0.2, 0.25) is 0 Å². The molecule has 0 atom stereocenters. The molecule has 6 heteroatoms. The maximum atomic E-state index is 12.6. The van der Waals surface area contributed by atoms with Crippen LogP contribution in [-0.4, -0.2) is 41.2 Å². The molecule has 0 unspecified atom stereocenters. The summed E-state index contributed by atoms with van der Waals surface area (Å²) >= 11 is 0. The molecule has 0 saturated heterocycles. The molecule has 1 N–H and O–H groups in total. The summed E-state index contributed by atoms with van der Waals surface area (Å²) in [6, 6.07) is 11.5. The predicted molar refractivity (Wildman–Crippen MR) is 97.6 cm³/mol. The molecule has 6 nitrogen and oxygen atoms in total. The Hall–Kier alpha value is -2.86. The molecule has 130 valence electrons. The van der Waals surface area contributed by atoms with Gasteiger partial charge in [0.1, 0.15) is 5.69 Å². The number of benzene rings is 1. The fourth-order valence-corrected chi connectivity index (χ4v) is 2.56. The minimum atomic E-state index is -0.208. The minimum Gasteiger partial charge on any atom is -0.463 e. The highest BCUT2D eigenvalue weighted by Crippen LogP contribution is 2.23. The van der Waals surface area contributed by atoms with Crippen LogP contribution in [0.15, 0.2) is 53.3 Å². The van der Waals surface area contributed by atoms with Crippen LogP contribution in [0.5, 0.6) is 0 Å². The first-order chi connectivity index (χ1) is 12.0. The molecule has 0 spiro atoms. The van der Waals surface area contributed by atoms with Gasteiger partial charge in [0.15, 0.2) is 5.76 Å². The Morgan fingerprint density at radius 3 is 2.64 bits per heavy atom. The lowest BCUT2D eigenvalue weighted by Gasteiger charge is -2.10. The largest absolute Gasteiger partial charge is 0.463 e. The summed E-state index contributed by atoms with van der Waals surface area (Å²) in [5.74, 6) is 0.366. The number of hydrogen-bond donors (Lipinski definition) is 1. The topological polar surface area (TPSA) is 63.3 Å². The van der Waals surface area contributed by atoms with E-state index in [9.17, 15) is 4.79 Å². The van der Waals surface area contributed by atoms with Crippen LogP contribution in [0.3, 0.4) is 0 Å². The second kappa shape index (κ2) is 7.36. The van der Waals surface area contributed by atoms with Gasteiger partial charge in [-0.15, -0.1) is 0 Å². The van der Waals surface area contributed by atoms with Crippen LogP contribution in [0.2, 0.25) is 0 Å². The Morgan fingerprint density at radius 1 is 1.24 bits per heavy atom. The van der Waals surface area contributed by atoms with E-state index in [0.717, 1.165) is 18.7 Å². The van der Waals surface area contributed by atoms with Crippen molar-refractivity contribution in [3.8, 4) is 11.5 Å². The van der Waals surface area contributed by atoms with Crippen molar-refractivity contribution in [2.24, 2.45) is 7.05 Å². The second-order valence-corrected chi connectivity index (χ2v) is 6.25. The summed E-state index contributed by atoms with van der Waals surface area (Å²) in [6.45, 7) is 0.994. The third-order valence-corrected chi connectivity index (χ3v) is 3.89. The van der Waals surface area contributed by atoms with Gasteiger partial charge in [0.25, 0.3) is 5.91 Å². The number of carbonyl (C=O) groups excluding carboxylic acids is 1. The van der Waals surface area contributed by atoms with Crippen LogP contribution in [0.4, 0.5) is 5.69 Å². The fourth-order valence-electron chi connectivity index (χ4n) is 2.56. The van der Waals surface area contributed by atoms with Crippen LogP contribution in [0.1, 0.15) is 15.9 Å². The number of rotatable bonds is 6. The molecule has 0 aliphatic heterocycles. The molecule has 25 heavy (non-hydrogen) atoms. The van der Waals surface area contributed by atoms with Crippen molar-refractivity contribution in [2.45, 2.75) is 6.42 Å². The molecule has 2 aromatic heterocycles. The van der Waals surface area contributed by atoms with Crippen molar-refractivity contribution in [1.29, 1.82) is 0 Å². The molecule has 3 aromatic rings. The Balaban J connectivity index is 1.73. The normalized spacial score (nSPS) is 11.0. The summed E-state index contributed by atoms with van der Waals surface area (Å²) in [6.07, 6.45) is 4.24. The van der Waals surface area contributed by atoms with Crippen LogP contribution in [0, 0.1) is 0 Å². The number of aryl methyl sites for hydroxylation is 1. The molecule has 0 aliphatic carbocycles. The van der Waals surface area contributed by atoms with Crippen molar-refractivity contribution in [1.82, 2.24) is 14.7 Å². The van der Waals surface area contributed by atoms with Crippen molar-refractivity contribution in [3.63, 3.8) is 0 Å². The summed E-state index contributed by atoms with van der Waals surface area (Å²) in [5, 5.41) is 7.25. The lowest BCUT2D eigenvalue weighted by Crippen LogP contribution is -2.15. The number of hydrogen-bond acceptors (Lipinski definition) is 4. The SMILES string of the molecule is CN(C)CCc1ccc(NC(=O)c2cn(C)nc2-c2ccco2)cc1. The van der Waals surface area contributed by atoms with Crippen LogP contribution >= 0.6 is 0 Å². The number of nitrogens with zero attached hydrogens (tertiary/aromatic N) is 3. The molecular formula is C19H22N4O2. The number of carbonyl (C=O) groups is 1. The van der Waals surface area contributed by atoms with Gasteiger partial charge in [0.05, 0.1) is 11.8 Å². The van der Waals surface area contributed by atoms with Crippen LogP contribution < -0.4 is 5.32 Å². The van der Waals surface area contributed by atoms with Gasteiger partial charge in [-0.1, -0.05) is 12.1 Å². The van der Waals surface area contributed by atoms with E-state index in [0.29, 0.717) is 17.0 Å². The summed E-state index contributed by atoms with van der Waals surface area (Å²) in [4.78, 5) is 14.8. The zero-order valence-corrected chi connectivity index (χ0v) is 14.7. The highest BCUT2D eigenvalue weighted by Gasteiger charge is 2.19. The van der Waals surface area contributed by atoms with E-state index in [1.807, 2.05) is 24.3 Å². The fraction of sp³-hybridized carbons (Fsp3) is 0.263. The predicted octanol–water partition coefficient (Wildman–Crippen LogP) is 3.04. The molecule has 1 amide bonds. The first-order valence-electron chi connectivity index (χ1n) is 8.15. The average Bonchev–Trinajstić information content (AvgIpc) is 3.23. The molecule has 0 aliphatic rings. The van der Waals surface area contributed by atoms with E-state index in [2.05, 4.69) is 29.4 Å². The Bertz CT molecular complexity index is 833. The lowest BCUT2D eigenvalue weighted by molar-refractivity contribution is 0.102. The number of aromatic nitrogens is 2. The van der Waals surface area contributed by atoms with E-state index in [1.54, 1.807) is 36.3 Å². The molecule has 0 radical (unpaired) electrons. The molecule has 3 rings (SSSR count). The van der Waals surface area contributed by atoms with Gasteiger partial charge in [-0.3, -0.25) is 9.48 Å². The zero-order chi connectivity index (χ0) is 17.8. The van der Waals surface area contributed by atoms with Crippen molar-refractivity contribution in [2.75, 3.05) is 26.0 Å². The van der Waals surface area contributed by atoms with Gasteiger partial charge in [-0.2, -0.15) is 5.10 Å². The second-order valence-electron chi connectivity index (χ2n) is 6.25. The van der Waals surface area contributed by atoms with Gasteiger partial charge < -0.3 is 14.6 Å². The van der Waals surface area contributed by atoms with Gasteiger partial charge in [-0.25, -0.2) is 0 Å². The first kappa shape index (κ1) is 17.0. The quantitative estimate of drug-likeness (QED) is 0.750. The number of nitrogens with one attached hydrogen (secondary N) is 1. The average molecular weight is 338 g/mol. The number of likely N-dealkylation sites (N-methyl/N-ethyl adjacent to an activating group) is 1. The highest BCUT2D eigenvalue weighted by molar-refractivity contribution is 6.07. The first-order valence-corrected chi connectivity index (χ1v) is 8.15. The molecule has 2 heterocycles. The van der Waals surface area contributed by atoms with Crippen LogP contribution in [0.25, 0.3) is 11.5 Å². The molecule has 0 bridgehead atoms. The van der Waals surface area contributed by atoms with E-state index in [4.69, 9.17) is 4.42 Å². The Kier molecular flexibility index (Phi) is 5.00. The number of anilines is 1. The number of amides is 1. The van der Waals surface area contributed by atoms with Gasteiger partial charge in [-0.05, 0) is 50.3 Å². The molecular weight excluding hydrogens is 316 g/mol. The van der Waals surface area contributed by atoms with Gasteiger partial charge >= 0.3 is 0 Å². The van der Waals surface area contributed by atoms with Crippen LogP contribution in [-0.2, 0) is 13.5 Å². The maximum absolute atomic E-state index is 12.6. The van der Waals surface area contributed by atoms with E-state index in [1.165, 1.54) is 5.56 Å². The van der Waals surface area contributed by atoms with E-state index in [-0.39, 0.29) is 5.91 Å². The van der Waals surface area contributed by atoms with Gasteiger partial charge in [0, 0.05) is 25.5 Å². The minimum absolute atomic E-state index is 0.208. The van der Waals surface area contributed by atoms with E-state index < -0.39 is 0 Å². The summed E-state index contributed by atoms with van der Waals surface area (Å²) in [7, 11) is 5.89. The maximum Gasteiger partial charge on any atom is 0.259 e. The summed E-state index contributed by atoms with van der Waals surface area (Å²) < 4.78 is 6.98. The third kappa shape index (κ3) is 4.16. The summed E-state index contributed by atoms with van der Waals surface area (Å²) in [5.41, 5.74) is 3.01. The lowest BCUT2D eigenvalue weighted by atomic mass is 10.1. The Morgan fingerprint density at radius 2 is 2.00 bits per heavy atom. The molecule has 0 saturated carbocycles. The molecule has 1 aromatic carbocycles. The third-order valence-electron chi connectivity index (χ3n) is 3.89. The van der Waals surface area contributed by atoms with Crippen molar-refractivity contribution >= 4 is 11.6 Å². The monoisotopic (exact) mass is 338 g/mol. The zero-order valence-electron chi connectivity index (χ0n) is 14.7. The highest BCUT2D eigenvalue weighted by atomic mass is 16.3. The van der Waals surface area contributed by atoms with Crippen molar-refractivity contribution < 1.29 is 9.21 Å². The standard InChI is InChI=1S/C19H22N4O2/c1-22(2)11-10-14-6-8-15(9-7-14)20-19(24)16-13-23(3)21-18(16)17-5-4-12-25-17/h4-9,12-13H,10-11H2,1-3H3,(H,20,24). The van der Waals surface area contributed by atoms with Crippen molar-refractivity contribution in [3.05, 3.63) is 60.0 Å². The molecule has 0 fully saturated rings.